The number of nitrogens with zero attached hydrogens (tertiary/aromatic N) is 1. The molecule has 2 rings (SSSR count). The van der Waals surface area contributed by atoms with Crippen LogP contribution in [0.15, 0.2) is 29.3 Å². The third-order valence-electron chi connectivity index (χ3n) is 3.13. The predicted octanol–water partition coefficient (Wildman–Crippen LogP) is 3.39. The first-order valence-corrected chi connectivity index (χ1v) is 6.18. The van der Waals surface area contributed by atoms with E-state index in [1.807, 2.05) is 24.3 Å². The van der Waals surface area contributed by atoms with Crippen molar-refractivity contribution < 1.29 is 0 Å². The van der Waals surface area contributed by atoms with E-state index in [0.717, 1.165) is 16.4 Å². The molecular formula is C13H17ClN2. The van der Waals surface area contributed by atoms with E-state index in [1.54, 1.807) is 0 Å². The van der Waals surface area contributed by atoms with Crippen LogP contribution in [0.1, 0.15) is 31.2 Å². The normalized spacial score (nSPS) is 17.9. The largest absolute Gasteiger partial charge is 0.387 e. The first kappa shape index (κ1) is 11.5. The zero-order valence-corrected chi connectivity index (χ0v) is 10.1. The van der Waals surface area contributed by atoms with Crippen molar-refractivity contribution >= 4 is 17.4 Å². The molecule has 0 aromatic heterocycles. The third-order valence-corrected chi connectivity index (χ3v) is 3.38. The van der Waals surface area contributed by atoms with E-state index in [9.17, 15) is 0 Å². The van der Waals surface area contributed by atoms with Crippen LogP contribution < -0.4 is 5.73 Å². The van der Waals surface area contributed by atoms with Crippen molar-refractivity contribution in [1.82, 2.24) is 0 Å². The molecule has 0 heterocycles. The first-order chi connectivity index (χ1) is 7.75. The molecule has 2 N–H and O–H groups in total. The third kappa shape index (κ3) is 2.99. The van der Waals surface area contributed by atoms with Crippen LogP contribution in [0.5, 0.6) is 0 Å². The van der Waals surface area contributed by atoms with Gasteiger partial charge in [0.2, 0.25) is 0 Å². The maximum atomic E-state index is 5.98. The number of rotatable bonds is 3. The van der Waals surface area contributed by atoms with Gasteiger partial charge in [0.05, 0.1) is 12.4 Å². The van der Waals surface area contributed by atoms with Crippen molar-refractivity contribution in [3.63, 3.8) is 0 Å². The molecule has 0 radical (unpaired) electrons. The average Bonchev–Trinajstić information content (AvgIpc) is 2.81. The first-order valence-electron chi connectivity index (χ1n) is 5.80. The summed E-state index contributed by atoms with van der Waals surface area (Å²) in [6, 6.07) is 7.76. The molecule has 0 aliphatic heterocycles. The van der Waals surface area contributed by atoms with Gasteiger partial charge in [-0.15, -0.1) is 0 Å². The summed E-state index contributed by atoms with van der Waals surface area (Å²) in [7, 11) is 0. The van der Waals surface area contributed by atoms with Crippen LogP contribution in [0.3, 0.4) is 0 Å². The van der Waals surface area contributed by atoms with Crippen molar-refractivity contribution in [2.75, 3.05) is 0 Å². The van der Waals surface area contributed by atoms with Crippen LogP contribution in [-0.4, -0.2) is 5.84 Å². The molecule has 1 aliphatic carbocycles. The molecule has 0 amide bonds. The Labute approximate surface area is 102 Å². The fraction of sp³-hybridized carbons (Fsp3) is 0.462. The molecule has 3 heteroatoms. The number of hydrogen-bond acceptors (Lipinski definition) is 1. The Morgan fingerprint density at radius 2 is 1.88 bits per heavy atom. The molecular weight excluding hydrogens is 220 g/mol. The molecule has 1 fully saturated rings. The Morgan fingerprint density at radius 1 is 1.25 bits per heavy atom. The van der Waals surface area contributed by atoms with Crippen molar-refractivity contribution in [2.24, 2.45) is 16.6 Å². The van der Waals surface area contributed by atoms with Gasteiger partial charge in [0.25, 0.3) is 0 Å². The number of amidine groups is 1. The lowest BCUT2D eigenvalue weighted by molar-refractivity contribution is 0.715. The van der Waals surface area contributed by atoms with Gasteiger partial charge in [-0.2, -0.15) is 0 Å². The molecule has 2 nitrogen and oxygen atoms in total. The fourth-order valence-electron chi connectivity index (χ4n) is 2.12. The highest BCUT2D eigenvalue weighted by Gasteiger charge is 2.18. The zero-order valence-electron chi connectivity index (χ0n) is 9.32. The van der Waals surface area contributed by atoms with Gasteiger partial charge in [-0.05, 0) is 30.5 Å². The Bertz CT molecular complexity index is 364. The van der Waals surface area contributed by atoms with Gasteiger partial charge >= 0.3 is 0 Å². The van der Waals surface area contributed by atoms with Crippen molar-refractivity contribution in [3.05, 3.63) is 34.9 Å². The van der Waals surface area contributed by atoms with E-state index in [1.165, 1.54) is 25.7 Å². The Hall–Kier alpha value is -1.02. The van der Waals surface area contributed by atoms with Gasteiger partial charge in [0, 0.05) is 10.9 Å². The average molecular weight is 237 g/mol. The summed E-state index contributed by atoms with van der Waals surface area (Å²) < 4.78 is 0. The van der Waals surface area contributed by atoms with E-state index in [4.69, 9.17) is 17.3 Å². The summed E-state index contributed by atoms with van der Waals surface area (Å²) in [4.78, 5) is 4.46. The maximum Gasteiger partial charge on any atom is 0.0972 e. The van der Waals surface area contributed by atoms with Gasteiger partial charge in [-0.3, -0.25) is 4.99 Å². The van der Waals surface area contributed by atoms with Crippen LogP contribution in [-0.2, 0) is 6.54 Å². The molecule has 1 saturated carbocycles. The van der Waals surface area contributed by atoms with E-state index in [-0.39, 0.29) is 0 Å². The molecule has 86 valence electrons. The summed E-state index contributed by atoms with van der Waals surface area (Å²) in [5.41, 5.74) is 7.14. The second-order valence-electron chi connectivity index (χ2n) is 4.35. The Kier molecular flexibility index (Phi) is 3.83. The van der Waals surface area contributed by atoms with Crippen molar-refractivity contribution in [1.29, 1.82) is 0 Å². The van der Waals surface area contributed by atoms with E-state index in [2.05, 4.69) is 4.99 Å². The van der Waals surface area contributed by atoms with Crippen molar-refractivity contribution in [2.45, 2.75) is 32.2 Å². The molecule has 16 heavy (non-hydrogen) atoms. The monoisotopic (exact) mass is 236 g/mol. The van der Waals surface area contributed by atoms with E-state index >= 15 is 0 Å². The SMILES string of the molecule is NC(=NCc1ccc(Cl)cc1)C1CCCC1. The minimum atomic E-state index is 0.521. The molecule has 0 atom stereocenters. The maximum absolute atomic E-state index is 5.98. The molecule has 0 unspecified atom stereocenters. The highest BCUT2D eigenvalue weighted by molar-refractivity contribution is 6.30. The van der Waals surface area contributed by atoms with Crippen LogP contribution in [0.2, 0.25) is 5.02 Å². The van der Waals surface area contributed by atoms with Crippen LogP contribution in [0, 0.1) is 5.92 Å². The Balaban J connectivity index is 1.94. The number of halogens is 1. The lowest BCUT2D eigenvalue weighted by Gasteiger charge is -2.07. The molecule has 0 bridgehead atoms. The predicted molar refractivity (Wildman–Crippen MR) is 68.7 cm³/mol. The summed E-state index contributed by atoms with van der Waals surface area (Å²) >= 11 is 5.82. The smallest absolute Gasteiger partial charge is 0.0972 e. The standard InChI is InChI=1S/C13H17ClN2/c14-12-7-5-10(6-8-12)9-16-13(15)11-3-1-2-4-11/h5-8,11H,1-4,9H2,(H2,15,16). The minimum absolute atomic E-state index is 0.521. The quantitative estimate of drug-likeness (QED) is 0.634. The van der Waals surface area contributed by atoms with Gasteiger partial charge in [0.1, 0.15) is 0 Å². The van der Waals surface area contributed by atoms with Gasteiger partial charge in [0.15, 0.2) is 0 Å². The second-order valence-corrected chi connectivity index (χ2v) is 4.79. The number of hydrogen-bond donors (Lipinski definition) is 1. The minimum Gasteiger partial charge on any atom is -0.387 e. The van der Waals surface area contributed by atoms with E-state index in [0.29, 0.717) is 12.5 Å². The molecule has 1 aliphatic rings. The summed E-state index contributed by atoms with van der Waals surface area (Å²) in [6.07, 6.45) is 5.00. The molecule has 0 spiro atoms. The highest BCUT2D eigenvalue weighted by Crippen LogP contribution is 2.24. The number of aliphatic imine (C=N–C) groups is 1. The number of benzene rings is 1. The summed E-state index contributed by atoms with van der Waals surface area (Å²) in [5, 5.41) is 0.761. The molecule has 1 aromatic carbocycles. The topological polar surface area (TPSA) is 38.4 Å². The van der Waals surface area contributed by atoms with Crippen LogP contribution in [0.4, 0.5) is 0 Å². The fourth-order valence-corrected chi connectivity index (χ4v) is 2.25. The van der Waals surface area contributed by atoms with Crippen LogP contribution >= 0.6 is 11.6 Å². The lowest BCUT2D eigenvalue weighted by atomic mass is 10.1. The highest BCUT2D eigenvalue weighted by atomic mass is 35.5. The second kappa shape index (κ2) is 5.35. The summed E-state index contributed by atoms with van der Waals surface area (Å²) in [6.45, 7) is 0.666. The molecule has 1 aromatic rings. The molecule has 0 saturated heterocycles. The lowest BCUT2D eigenvalue weighted by Crippen LogP contribution is -2.21. The van der Waals surface area contributed by atoms with Gasteiger partial charge in [-0.25, -0.2) is 0 Å². The Morgan fingerprint density at radius 3 is 2.50 bits per heavy atom. The number of nitrogens with two attached hydrogens (primary N) is 1. The van der Waals surface area contributed by atoms with E-state index < -0.39 is 0 Å². The van der Waals surface area contributed by atoms with Gasteiger partial charge < -0.3 is 5.73 Å². The van der Waals surface area contributed by atoms with Gasteiger partial charge in [-0.1, -0.05) is 36.6 Å². The van der Waals surface area contributed by atoms with Crippen molar-refractivity contribution in [3.8, 4) is 0 Å². The zero-order chi connectivity index (χ0) is 11.4. The van der Waals surface area contributed by atoms with Crippen LogP contribution in [0.25, 0.3) is 0 Å². The summed E-state index contributed by atoms with van der Waals surface area (Å²) in [5.74, 6) is 1.35.